The Morgan fingerprint density at radius 3 is 2.76 bits per heavy atom. The van der Waals surface area contributed by atoms with E-state index >= 15 is 0 Å². The molecule has 1 N–H and O–H groups in total. The van der Waals surface area contributed by atoms with Gasteiger partial charge >= 0.3 is 5.97 Å². The number of carboxylic acids is 1. The Hall–Kier alpha value is -1.58. The van der Waals surface area contributed by atoms with Crippen LogP contribution >= 0.6 is 0 Å². The molecule has 0 atom stereocenters. The Morgan fingerprint density at radius 2 is 2.18 bits per heavy atom. The number of carbonyl (C=O) groups is 1. The van der Waals surface area contributed by atoms with Crippen molar-refractivity contribution < 1.29 is 19.0 Å². The summed E-state index contributed by atoms with van der Waals surface area (Å²) in [4.78, 5) is 10.5. The molecular formula is C13H15FO3. The summed E-state index contributed by atoms with van der Waals surface area (Å²) in [6.07, 6.45) is 3.38. The van der Waals surface area contributed by atoms with E-state index in [0.29, 0.717) is 23.8 Å². The predicted octanol–water partition coefficient (Wildman–Crippen LogP) is 2.63. The lowest BCUT2D eigenvalue weighted by Gasteiger charge is -2.25. The number of carboxylic acid groups (broad SMARTS) is 1. The third-order valence-electron chi connectivity index (χ3n) is 3.00. The Balaban J connectivity index is 1.99. The molecule has 1 saturated carbocycles. The third-order valence-corrected chi connectivity index (χ3v) is 3.00. The minimum absolute atomic E-state index is 0.183. The molecule has 0 radical (unpaired) electrons. The van der Waals surface area contributed by atoms with Crippen LogP contribution in [0.25, 0.3) is 0 Å². The zero-order valence-corrected chi connectivity index (χ0v) is 9.49. The van der Waals surface area contributed by atoms with E-state index in [9.17, 15) is 9.18 Å². The van der Waals surface area contributed by atoms with Crippen LogP contribution in [0.15, 0.2) is 18.2 Å². The molecule has 4 heteroatoms. The van der Waals surface area contributed by atoms with Crippen LogP contribution in [0.4, 0.5) is 4.39 Å². The fourth-order valence-corrected chi connectivity index (χ4v) is 1.85. The first-order chi connectivity index (χ1) is 8.13. The monoisotopic (exact) mass is 238 g/mol. The fraction of sp³-hybridized carbons (Fsp3) is 0.462. The summed E-state index contributed by atoms with van der Waals surface area (Å²) in [5.41, 5.74) is 0.432. The summed E-state index contributed by atoms with van der Waals surface area (Å²) in [5.74, 6) is -0.428. The Morgan fingerprint density at radius 1 is 1.41 bits per heavy atom. The molecule has 92 valence electrons. The highest BCUT2D eigenvalue weighted by molar-refractivity contribution is 5.70. The highest BCUT2D eigenvalue weighted by Gasteiger charge is 2.18. The maximum absolute atomic E-state index is 13.2. The molecule has 0 saturated heterocycles. The number of halogens is 1. The minimum atomic E-state index is -0.972. The van der Waals surface area contributed by atoms with E-state index in [2.05, 4.69) is 0 Å². The summed E-state index contributed by atoms with van der Waals surface area (Å²) in [7, 11) is 0. The number of hydrogen-bond acceptors (Lipinski definition) is 2. The van der Waals surface area contributed by atoms with Gasteiger partial charge in [-0.1, -0.05) is 6.42 Å². The zero-order valence-electron chi connectivity index (χ0n) is 9.49. The van der Waals surface area contributed by atoms with E-state index in [0.717, 1.165) is 12.8 Å². The third kappa shape index (κ3) is 3.44. The molecular weight excluding hydrogens is 223 g/mol. The maximum Gasteiger partial charge on any atom is 0.307 e. The number of benzene rings is 1. The van der Waals surface area contributed by atoms with Gasteiger partial charge in [0.2, 0.25) is 0 Å². The first kappa shape index (κ1) is 11.9. The Bertz CT molecular complexity index is 413. The molecule has 0 bridgehead atoms. The lowest BCUT2D eigenvalue weighted by atomic mass is 9.86. The van der Waals surface area contributed by atoms with Crippen molar-refractivity contribution in [1.82, 2.24) is 0 Å². The average Bonchev–Trinajstić information content (AvgIpc) is 2.12. The summed E-state index contributed by atoms with van der Waals surface area (Å²) in [5, 5.41) is 8.65. The van der Waals surface area contributed by atoms with E-state index in [-0.39, 0.29) is 6.42 Å². The van der Waals surface area contributed by atoms with Gasteiger partial charge in [-0.25, -0.2) is 4.39 Å². The van der Waals surface area contributed by atoms with Crippen LogP contribution in [0.5, 0.6) is 5.75 Å². The first-order valence-corrected chi connectivity index (χ1v) is 5.77. The van der Waals surface area contributed by atoms with Gasteiger partial charge < -0.3 is 9.84 Å². The van der Waals surface area contributed by atoms with Gasteiger partial charge in [0, 0.05) is 6.07 Å². The smallest absolute Gasteiger partial charge is 0.307 e. The van der Waals surface area contributed by atoms with Crippen LogP contribution in [0.1, 0.15) is 24.8 Å². The standard InChI is InChI=1S/C13H15FO3/c14-11-4-10(6-13(15)16)5-12(7-11)17-8-9-2-1-3-9/h4-5,7,9H,1-3,6,8H2,(H,15,16). The molecule has 0 aliphatic heterocycles. The lowest BCUT2D eigenvalue weighted by molar-refractivity contribution is -0.136. The van der Waals surface area contributed by atoms with Crippen LogP contribution in [0.2, 0.25) is 0 Å². The lowest BCUT2D eigenvalue weighted by Crippen LogP contribution is -2.19. The number of rotatable bonds is 5. The molecule has 1 aromatic rings. The normalized spacial score (nSPS) is 15.4. The van der Waals surface area contributed by atoms with Gasteiger partial charge in [-0.2, -0.15) is 0 Å². The van der Waals surface area contributed by atoms with Crippen molar-refractivity contribution in [3.05, 3.63) is 29.6 Å². The van der Waals surface area contributed by atoms with Crippen molar-refractivity contribution >= 4 is 5.97 Å². The van der Waals surface area contributed by atoms with Crippen LogP contribution in [-0.2, 0) is 11.2 Å². The summed E-state index contributed by atoms with van der Waals surface area (Å²) in [6, 6.07) is 4.12. The molecule has 1 fully saturated rings. The van der Waals surface area contributed by atoms with Crippen molar-refractivity contribution in [2.24, 2.45) is 5.92 Å². The first-order valence-electron chi connectivity index (χ1n) is 5.77. The van der Waals surface area contributed by atoms with Gasteiger partial charge in [0.05, 0.1) is 13.0 Å². The van der Waals surface area contributed by atoms with E-state index in [1.54, 1.807) is 6.07 Å². The predicted molar refractivity (Wildman–Crippen MR) is 60.6 cm³/mol. The van der Waals surface area contributed by atoms with E-state index in [1.165, 1.54) is 18.6 Å². The maximum atomic E-state index is 13.2. The molecule has 0 spiro atoms. The number of ether oxygens (including phenoxy) is 1. The summed E-state index contributed by atoms with van der Waals surface area (Å²) >= 11 is 0. The van der Waals surface area contributed by atoms with Gasteiger partial charge in [0.1, 0.15) is 11.6 Å². The SMILES string of the molecule is O=C(O)Cc1cc(F)cc(OCC2CCC2)c1. The number of aliphatic carboxylic acids is 1. The van der Waals surface area contributed by atoms with Crippen LogP contribution < -0.4 is 4.74 Å². The quantitative estimate of drug-likeness (QED) is 0.857. The Labute approximate surface area is 99.2 Å². The largest absolute Gasteiger partial charge is 0.493 e. The second-order valence-electron chi connectivity index (χ2n) is 4.47. The highest BCUT2D eigenvalue weighted by Crippen LogP contribution is 2.27. The van der Waals surface area contributed by atoms with Crippen molar-refractivity contribution in [3.63, 3.8) is 0 Å². The van der Waals surface area contributed by atoms with E-state index in [1.807, 2.05) is 0 Å². The molecule has 17 heavy (non-hydrogen) atoms. The summed E-state index contributed by atoms with van der Waals surface area (Å²) < 4.78 is 18.7. The molecule has 1 aliphatic rings. The van der Waals surface area contributed by atoms with Crippen molar-refractivity contribution in [2.45, 2.75) is 25.7 Å². The molecule has 0 aromatic heterocycles. The van der Waals surface area contributed by atoms with Gasteiger partial charge in [-0.15, -0.1) is 0 Å². The van der Waals surface area contributed by atoms with Crippen LogP contribution in [0.3, 0.4) is 0 Å². The van der Waals surface area contributed by atoms with Gasteiger partial charge in [0.15, 0.2) is 0 Å². The molecule has 0 unspecified atom stereocenters. The van der Waals surface area contributed by atoms with Crippen LogP contribution in [-0.4, -0.2) is 17.7 Å². The van der Waals surface area contributed by atoms with E-state index < -0.39 is 11.8 Å². The number of hydrogen-bond donors (Lipinski definition) is 1. The fourth-order valence-electron chi connectivity index (χ4n) is 1.85. The van der Waals surface area contributed by atoms with Crippen LogP contribution in [0, 0.1) is 11.7 Å². The molecule has 2 rings (SSSR count). The Kier molecular flexibility index (Phi) is 3.61. The van der Waals surface area contributed by atoms with Gasteiger partial charge in [-0.3, -0.25) is 4.79 Å². The second kappa shape index (κ2) is 5.17. The molecule has 1 aromatic carbocycles. The van der Waals surface area contributed by atoms with Gasteiger partial charge in [-0.05, 0) is 36.5 Å². The average molecular weight is 238 g/mol. The van der Waals surface area contributed by atoms with Crippen molar-refractivity contribution in [1.29, 1.82) is 0 Å². The van der Waals surface area contributed by atoms with Gasteiger partial charge in [0.25, 0.3) is 0 Å². The molecule has 0 heterocycles. The zero-order chi connectivity index (χ0) is 12.3. The van der Waals surface area contributed by atoms with E-state index in [4.69, 9.17) is 9.84 Å². The molecule has 1 aliphatic carbocycles. The minimum Gasteiger partial charge on any atom is -0.493 e. The molecule has 3 nitrogen and oxygen atoms in total. The molecule has 0 amide bonds. The van der Waals surface area contributed by atoms with Crippen molar-refractivity contribution in [3.8, 4) is 5.75 Å². The second-order valence-corrected chi connectivity index (χ2v) is 4.47. The van der Waals surface area contributed by atoms with Crippen molar-refractivity contribution in [2.75, 3.05) is 6.61 Å². The highest BCUT2D eigenvalue weighted by atomic mass is 19.1. The summed E-state index contributed by atoms with van der Waals surface area (Å²) in [6.45, 7) is 0.593. The topological polar surface area (TPSA) is 46.5 Å².